The Hall–Kier alpha value is -3.71. The van der Waals surface area contributed by atoms with Gasteiger partial charge in [-0.05, 0) is 62.7 Å². The summed E-state index contributed by atoms with van der Waals surface area (Å²) >= 11 is 1.22. The third kappa shape index (κ3) is 4.48. The first-order valence-electron chi connectivity index (χ1n) is 10.2. The molecule has 7 heteroatoms. The standard InChI is InChI=1S/C25H22N2O4S/c1-4-30-25(29)22-21(20-15(2)13-16(3)26-24(20)32-22)27-23(28)17-9-8-12-19(14-17)31-18-10-6-5-7-11-18/h5-14H,4H2,1-3H3,(H,27,28). The van der Waals surface area contributed by atoms with Gasteiger partial charge in [0.05, 0.1) is 12.3 Å². The number of rotatable bonds is 6. The number of aryl methyl sites for hydroxylation is 2. The van der Waals surface area contributed by atoms with E-state index in [0.29, 0.717) is 32.5 Å². The van der Waals surface area contributed by atoms with E-state index in [9.17, 15) is 9.59 Å². The monoisotopic (exact) mass is 446 g/mol. The lowest BCUT2D eigenvalue weighted by atomic mass is 10.1. The van der Waals surface area contributed by atoms with Crippen molar-refractivity contribution in [2.24, 2.45) is 0 Å². The molecule has 0 saturated carbocycles. The van der Waals surface area contributed by atoms with E-state index in [0.717, 1.165) is 16.6 Å². The van der Waals surface area contributed by atoms with E-state index < -0.39 is 5.97 Å². The molecule has 2 aromatic carbocycles. The Balaban J connectivity index is 1.68. The normalized spacial score (nSPS) is 10.7. The highest BCUT2D eigenvalue weighted by atomic mass is 32.1. The Morgan fingerprint density at radius 2 is 1.75 bits per heavy atom. The van der Waals surface area contributed by atoms with E-state index in [1.807, 2.05) is 50.2 Å². The number of aromatic nitrogens is 1. The molecule has 0 bridgehead atoms. The molecular formula is C25H22N2O4S. The third-order valence-corrected chi connectivity index (χ3v) is 5.83. The molecule has 1 amide bonds. The highest BCUT2D eigenvalue weighted by Crippen LogP contribution is 2.38. The van der Waals surface area contributed by atoms with Gasteiger partial charge in [0.25, 0.3) is 5.91 Å². The van der Waals surface area contributed by atoms with E-state index >= 15 is 0 Å². The third-order valence-electron chi connectivity index (χ3n) is 4.76. The Bertz CT molecular complexity index is 1300. The molecule has 4 rings (SSSR count). The first-order chi connectivity index (χ1) is 15.5. The van der Waals surface area contributed by atoms with Crippen molar-refractivity contribution in [2.75, 3.05) is 11.9 Å². The largest absolute Gasteiger partial charge is 0.462 e. The summed E-state index contributed by atoms with van der Waals surface area (Å²) in [6.45, 7) is 5.81. The summed E-state index contributed by atoms with van der Waals surface area (Å²) in [4.78, 5) is 31.3. The first kappa shape index (κ1) is 21.5. The molecule has 0 spiro atoms. The van der Waals surface area contributed by atoms with E-state index in [1.54, 1.807) is 31.2 Å². The summed E-state index contributed by atoms with van der Waals surface area (Å²) in [6, 6.07) is 18.2. The molecule has 0 aliphatic heterocycles. The molecule has 162 valence electrons. The average molecular weight is 447 g/mol. The quantitative estimate of drug-likeness (QED) is 0.360. The van der Waals surface area contributed by atoms with E-state index in [4.69, 9.17) is 9.47 Å². The molecule has 0 fully saturated rings. The molecule has 6 nitrogen and oxygen atoms in total. The molecule has 0 aliphatic carbocycles. The molecule has 0 atom stereocenters. The topological polar surface area (TPSA) is 77.5 Å². The number of anilines is 1. The molecule has 2 aromatic heterocycles. The first-order valence-corrected chi connectivity index (χ1v) is 11.0. The van der Waals surface area contributed by atoms with Crippen LogP contribution in [0.25, 0.3) is 10.2 Å². The Kier molecular flexibility index (Phi) is 6.18. The Labute approximate surface area is 189 Å². The van der Waals surface area contributed by atoms with E-state index in [2.05, 4.69) is 10.3 Å². The zero-order chi connectivity index (χ0) is 22.7. The highest BCUT2D eigenvalue weighted by molar-refractivity contribution is 7.21. The second kappa shape index (κ2) is 9.20. The van der Waals surface area contributed by atoms with Crippen molar-refractivity contribution in [1.29, 1.82) is 0 Å². The fourth-order valence-electron chi connectivity index (χ4n) is 3.41. The number of fused-ring (bicyclic) bond motifs is 1. The maximum atomic E-state index is 13.1. The number of carbonyl (C=O) groups is 2. The number of hydrogen-bond acceptors (Lipinski definition) is 6. The minimum atomic E-state index is -0.482. The number of nitrogens with zero attached hydrogens (tertiary/aromatic N) is 1. The van der Waals surface area contributed by atoms with Crippen LogP contribution in [0.15, 0.2) is 60.7 Å². The van der Waals surface area contributed by atoms with Gasteiger partial charge < -0.3 is 14.8 Å². The van der Waals surface area contributed by atoms with Crippen LogP contribution in [0.1, 0.15) is 38.2 Å². The Morgan fingerprint density at radius 1 is 1.00 bits per heavy atom. The van der Waals surface area contributed by atoms with Crippen LogP contribution in [0.3, 0.4) is 0 Å². The van der Waals surface area contributed by atoms with Crippen LogP contribution in [0.5, 0.6) is 11.5 Å². The second-order valence-corrected chi connectivity index (χ2v) is 8.18. The van der Waals surface area contributed by atoms with Gasteiger partial charge in [-0.2, -0.15) is 0 Å². The summed E-state index contributed by atoms with van der Waals surface area (Å²) in [5.74, 6) is 0.381. The van der Waals surface area contributed by atoms with Crippen LogP contribution >= 0.6 is 11.3 Å². The number of benzene rings is 2. The number of hydrogen-bond donors (Lipinski definition) is 1. The predicted octanol–water partition coefficient (Wildman–Crippen LogP) is 6.13. The fraction of sp³-hybridized carbons (Fsp3) is 0.160. The summed E-state index contributed by atoms with van der Waals surface area (Å²) < 4.78 is 11.1. The van der Waals surface area contributed by atoms with Crippen LogP contribution in [-0.4, -0.2) is 23.5 Å². The maximum absolute atomic E-state index is 13.1. The number of esters is 1. The lowest BCUT2D eigenvalue weighted by Crippen LogP contribution is -2.15. The van der Waals surface area contributed by atoms with Gasteiger partial charge in [0.1, 0.15) is 21.2 Å². The van der Waals surface area contributed by atoms with Crippen LogP contribution in [-0.2, 0) is 4.74 Å². The Morgan fingerprint density at radius 3 is 2.50 bits per heavy atom. The highest BCUT2D eigenvalue weighted by Gasteiger charge is 2.24. The lowest BCUT2D eigenvalue weighted by Gasteiger charge is -2.10. The van der Waals surface area contributed by atoms with Gasteiger partial charge in [-0.3, -0.25) is 4.79 Å². The maximum Gasteiger partial charge on any atom is 0.350 e. The lowest BCUT2D eigenvalue weighted by molar-refractivity contribution is 0.0533. The van der Waals surface area contributed by atoms with Crippen LogP contribution in [0, 0.1) is 13.8 Å². The molecule has 1 N–H and O–H groups in total. The number of thiophene rings is 1. The van der Waals surface area contributed by atoms with Gasteiger partial charge in [-0.1, -0.05) is 24.3 Å². The van der Waals surface area contributed by atoms with Gasteiger partial charge >= 0.3 is 5.97 Å². The molecular weight excluding hydrogens is 424 g/mol. The zero-order valence-electron chi connectivity index (χ0n) is 18.0. The van der Waals surface area contributed by atoms with Crippen molar-refractivity contribution in [3.8, 4) is 11.5 Å². The SMILES string of the molecule is CCOC(=O)c1sc2nc(C)cc(C)c2c1NC(=O)c1cccc(Oc2ccccc2)c1. The molecule has 32 heavy (non-hydrogen) atoms. The molecule has 0 aliphatic rings. The van der Waals surface area contributed by atoms with Crippen molar-refractivity contribution < 1.29 is 19.1 Å². The molecule has 0 saturated heterocycles. The summed E-state index contributed by atoms with van der Waals surface area (Å²) in [7, 11) is 0. The zero-order valence-corrected chi connectivity index (χ0v) is 18.8. The van der Waals surface area contributed by atoms with Crippen LogP contribution in [0.2, 0.25) is 0 Å². The van der Waals surface area contributed by atoms with Gasteiger partial charge in [0.15, 0.2) is 0 Å². The second-order valence-electron chi connectivity index (χ2n) is 7.18. The summed E-state index contributed by atoms with van der Waals surface area (Å²) in [6.07, 6.45) is 0. The van der Waals surface area contributed by atoms with Crippen molar-refractivity contribution in [3.63, 3.8) is 0 Å². The molecule has 0 radical (unpaired) electrons. The van der Waals surface area contributed by atoms with Crippen molar-refractivity contribution in [1.82, 2.24) is 4.98 Å². The van der Waals surface area contributed by atoms with Gasteiger partial charge in [0.2, 0.25) is 0 Å². The number of nitrogens with one attached hydrogen (secondary N) is 1. The fourth-order valence-corrected chi connectivity index (χ4v) is 4.56. The van der Waals surface area contributed by atoms with Gasteiger partial charge in [-0.25, -0.2) is 9.78 Å². The number of amides is 1. The van der Waals surface area contributed by atoms with E-state index in [1.165, 1.54) is 11.3 Å². The van der Waals surface area contributed by atoms with Crippen molar-refractivity contribution in [2.45, 2.75) is 20.8 Å². The number of ether oxygens (including phenoxy) is 2. The molecule has 2 heterocycles. The number of pyridine rings is 1. The summed E-state index contributed by atoms with van der Waals surface area (Å²) in [5.41, 5.74) is 2.60. The van der Waals surface area contributed by atoms with Crippen LogP contribution < -0.4 is 10.1 Å². The van der Waals surface area contributed by atoms with E-state index in [-0.39, 0.29) is 12.5 Å². The minimum Gasteiger partial charge on any atom is -0.462 e. The summed E-state index contributed by atoms with van der Waals surface area (Å²) in [5, 5.41) is 3.66. The predicted molar refractivity (Wildman–Crippen MR) is 126 cm³/mol. The number of carbonyl (C=O) groups excluding carboxylic acids is 2. The van der Waals surface area contributed by atoms with Crippen molar-refractivity contribution in [3.05, 3.63) is 82.4 Å². The number of para-hydroxylation sites is 1. The molecule has 0 unspecified atom stereocenters. The van der Waals surface area contributed by atoms with Gasteiger partial charge in [0, 0.05) is 16.6 Å². The van der Waals surface area contributed by atoms with Gasteiger partial charge in [-0.15, -0.1) is 11.3 Å². The smallest absolute Gasteiger partial charge is 0.350 e. The molecule has 4 aromatic rings. The average Bonchev–Trinajstić information content (AvgIpc) is 3.13. The van der Waals surface area contributed by atoms with Crippen LogP contribution in [0.4, 0.5) is 5.69 Å². The van der Waals surface area contributed by atoms with Crippen molar-refractivity contribution >= 4 is 39.1 Å². The minimum absolute atomic E-state index is 0.241.